The van der Waals surface area contributed by atoms with Crippen LogP contribution in [0.25, 0.3) is 0 Å². The van der Waals surface area contributed by atoms with Crippen molar-refractivity contribution in [1.29, 1.82) is 0 Å². The number of primary amides is 1. The number of amides is 5. The van der Waals surface area contributed by atoms with E-state index in [9.17, 15) is 19.2 Å². The Balaban J connectivity index is 0.00000168. The van der Waals surface area contributed by atoms with Crippen molar-refractivity contribution in [3.63, 3.8) is 0 Å². The number of aliphatic imine (C=N–C) groups is 1. The fourth-order valence-corrected chi connectivity index (χ4v) is 3.80. The molecule has 1 heterocycles. The molecule has 0 aliphatic rings. The summed E-state index contributed by atoms with van der Waals surface area (Å²) in [5, 5.41) is 23.6. The molecule has 1 aromatic carbocycles. The molecular formula is C23H31N7O7S. The van der Waals surface area contributed by atoms with E-state index in [-0.39, 0.29) is 17.7 Å². The van der Waals surface area contributed by atoms with Crippen LogP contribution in [0.2, 0.25) is 0 Å². The van der Waals surface area contributed by atoms with Crippen LogP contribution in [0.3, 0.4) is 0 Å². The predicted octanol–water partition coefficient (Wildman–Crippen LogP) is 2.04. The van der Waals surface area contributed by atoms with Gasteiger partial charge in [-0.2, -0.15) is 0 Å². The zero-order chi connectivity index (χ0) is 28.7. The van der Waals surface area contributed by atoms with Gasteiger partial charge in [-0.25, -0.2) is 19.6 Å². The highest BCUT2D eigenvalue weighted by molar-refractivity contribution is 7.17. The summed E-state index contributed by atoms with van der Waals surface area (Å²) >= 11 is 1.11. The summed E-state index contributed by atoms with van der Waals surface area (Å²) < 4.78 is 0. The summed E-state index contributed by atoms with van der Waals surface area (Å²) in [5.41, 5.74) is 6.17. The summed E-state index contributed by atoms with van der Waals surface area (Å²) in [5.74, 6) is -0.574. The second-order valence-electron chi connectivity index (χ2n) is 7.84. The molecule has 38 heavy (non-hydrogen) atoms. The maximum absolute atomic E-state index is 12.7. The molecule has 0 saturated heterocycles. The number of thiazole rings is 1. The van der Waals surface area contributed by atoms with Crippen LogP contribution in [0, 0.1) is 0 Å². The molecule has 14 nitrogen and oxygen atoms in total. The Bertz CT molecular complexity index is 1140. The van der Waals surface area contributed by atoms with Crippen LogP contribution < -0.4 is 21.7 Å². The number of hydrogen-bond acceptors (Lipinski definition) is 8. The normalized spacial score (nSPS) is 10.2. The van der Waals surface area contributed by atoms with Gasteiger partial charge in [-0.1, -0.05) is 23.5 Å². The predicted molar refractivity (Wildman–Crippen MR) is 142 cm³/mol. The SMILES string of the molecule is CC(=O)Nc1nc(CCc2ccc(N=CNC(=O)O)cc2)c(C(=O)NCCCC(=O)N(C)C)s1.NC(=O)O. The number of aromatic nitrogens is 1. The number of nitrogens with zero attached hydrogens (tertiary/aromatic N) is 3. The summed E-state index contributed by atoms with van der Waals surface area (Å²) in [6.45, 7) is 1.72. The van der Waals surface area contributed by atoms with Gasteiger partial charge in [0, 0.05) is 34.0 Å². The van der Waals surface area contributed by atoms with Crippen LogP contribution in [0.1, 0.15) is 40.7 Å². The zero-order valence-electron chi connectivity index (χ0n) is 21.2. The van der Waals surface area contributed by atoms with E-state index in [1.54, 1.807) is 26.2 Å². The van der Waals surface area contributed by atoms with Crippen molar-refractivity contribution in [3.8, 4) is 0 Å². The molecule has 1 aromatic heterocycles. The minimum atomic E-state index is -1.33. The highest BCUT2D eigenvalue weighted by Crippen LogP contribution is 2.25. The van der Waals surface area contributed by atoms with Crippen LogP contribution in [0.15, 0.2) is 29.3 Å². The first-order chi connectivity index (χ1) is 17.9. The van der Waals surface area contributed by atoms with Gasteiger partial charge in [-0.3, -0.25) is 19.7 Å². The Morgan fingerprint density at radius 1 is 1.11 bits per heavy atom. The summed E-state index contributed by atoms with van der Waals surface area (Å²) in [6.07, 6.45) is 0.499. The number of rotatable bonds is 11. The summed E-state index contributed by atoms with van der Waals surface area (Å²) in [7, 11) is 3.37. The first-order valence-corrected chi connectivity index (χ1v) is 12.1. The van der Waals surface area contributed by atoms with Crippen molar-refractivity contribution in [2.24, 2.45) is 10.7 Å². The quantitative estimate of drug-likeness (QED) is 0.138. The van der Waals surface area contributed by atoms with E-state index in [4.69, 9.17) is 15.0 Å². The fraction of sp³-hybridized carbons (Fsp3) is 0.348. The lowest BCUT2D eigenvalue weighted by Gasteiger charge is -2.10. The Hall–Kier alpha value is -4.53. The Morgan fingerprint density at radius 3 is 2.29 bits per heavy atom. The molecule has 0 bridgehead atoms. The number of nitrogens with two attached hydrogens (primary N) is 1. The fourth-order valence-electron chi connectivity index (χ4n) is 2.82. The summed E-state index contributed by atoms with van der Waals surface area (Å²) in [6, 6.07) is 7.22. The number of hydrogen-bond donors (Lipinski definition) is 6. The van der Waals surface area contributed by atoms with Crippen LogP contribution in [-0.2, 0) is 22.4 Å². The highest BCUT2D eigenvalue weighted by Gasteiger charge is 2.18. The zero-order valence-corrected chi connectivity index (χ0v) is 22.0. The van der Waals surface area contributed by atoms with Crippen molar-refractivity contribution >= 4 is 58.4 Å². The first-order valence-electron chi connectivity index (χ1n) is 11.2. The minimum absolute atomic E-state index is 0.00414. The first kappa shape index (κ1) is 31.5. The van der Waals surface area contributed by atoms with Crippen LogP contribution in [-0.4, -0.2) is 77.0 Å². The topological polar surface area (TPSA) is 216 Å². The number of carbonyl (C=O) groups excluding carboxylic acids is 3. The van der Waals surface area contributed by atoms with Crippen LogP contribution >= 0.6 is 11.3 Å². The monoisotopic (exact) mass is 549 g/mol. The molecule has 0 fully saturated rings. The summed E-state index contributed by atoms with van der Waals surface area (Å²) in [4.78, 5) is 65.4. The van der Waals surface area contributed by atoms with Gasteiger partial charge in [0.15, 0.2) is 5.13 Å². The third-order valence-electron chi connectivity index (χ3n) is 4.53. The van der Waals surface area contributed by atoms with Gasteiger partial charge in [0.1, 0.15) is 4.88 Å². The molecule has 0 unspecified atom stereocenters. The highest BCUT2D eigenvalue weighted by atomic mass is 32.1. The molecule has 0 aliphatic carbocycles. The van der Waals surface area contributed by atoms with Crippen molar-refractivity contribution in [1.82, 2.24) is 20.5 Å². The van der Waals surface area contributed by atoms with Gasteiger partial charge in [0.05, 0.1) is 17.7 Å². The van der Waals surface area contributed by atoms with E-state index in [2.05, 4.69) is 26.3 Å². The average Bonchev–Trinajstić information content (AvgIpc) is 3.22. The number of carboxylic acid groups (broad SMARTS) is 2. The van der Waals surface area contributed by atoms with E-state index >= 15 is 0 Å². The van der Waals surface area contributed by atoms with Gasteiger partial charge in [-0.15, -0.1) is 0 Å². The molecule has 206 valence electrons. The van der Waals surface area contributed by atoms with Gasteiger partial charge >= 0.3 is 12.2 Å². The number of benzene rings is 1. The molecule has 15 heteroatoms. The minimum Gasteiger partial charge on any atom is -0.465 e. The third-order valence-corrected chi connectivity index (χ3v) is 5.54. The molecule has 0 spiro atoms. The Morgan fingerprint density at radius 2 is 1.74 bits per heavy atom. The molecule has 5 amide bonds. The molecular weight excluding hydrogens is 518 g/mol. The van der Waals surface area contributed by atoms with Crippen molar-refractivity contribution in [2.45, 2.75) is 32.6 Å². The molecule has 0 atom stereocenters. The van der Waals surface area contributed by atoms with Crippen LogP contribution in [0.4, 0.5) is 20.4 Å². The number of aryl methyl sites for hydroxylation is 2. The molecule has 2 aromatic rings. The van der Waals surface area contributed by atoms with Crippen molar-refractivity contribution in [2.75, 3.05) is 26.0 Å². The number of nitrogens with one attached hydrogen (secondary N) is 3. The van der Waals surface area contributed by atoms with E-state index in [0.717, 1.165) is 23.2 Å². The second-order valence-corrected chi connectivity index (χ2v) is 8.84. The smallest absolute Gasteiger partial charge is 0.409 e. The molecule has 7 N–H and O–H groups in total. The lowest BCUT2D eigenvalue weighted by Crippen LogP contribution is -2.27. The largest absolute Gasteiger partial charge is 0.465 e. The molecule has 0 aliphatic heterocycles. The third kappa shape index (κ3) is 13.0. The maximum Gasteiger partial charge on any atom is 0.409 e. The Labute approximate surface area is 223 Å². The lowest BCUT2D eigenvalue weighted by molar-refractivity contribution is -0.128. The van der Waals surface area contributed by atoms with E-state index in [1.165, 1.54) is 11.8 Å². The van der Waals surface area contributed by atoms with E-state index in [0.29, 0.717) is 53.6 Å². The Kier molecular flexibility index (Phi) is 13.5. The lowest BCUT2D eigenvalue weighted by atomic mass is 10.1. The van der Waals surface area contributed by atoms with Gasteiger partial charge in [-0.05, 0) is 37.0 Å². The van der Waals surface area contributed by atoms with Gasteiger partial charge in [0.25, 0.3) is 5.91 Å². The number of carbonyl (C=O) groups is 5. The maximum atomic E-state index is 12.7. The molecule has 2 rings (SSSR count). The van der Waals surface area contributed by atoms with Crippen LogP contribution in [0.5, 0.6) is 0 Å². The molecule has 0 saturated carbocycles. The van der Waals surface area contributed by atoms with Gasteiger partial charge < -0.3 is 31.5 Å². The van der Waals surface area contributed by atoms with Crippen molar-refractivity contribution < 1.29 is 34.2 Å². The van der Waals surface area contributed by atoms with Crippen molar-refractivity contribution in [3.05, 3.63) is 40.4 Å². The second kappa shape index (κ2) is 16.3. The standard InChI is InChI=1S/C22H28N6O5S.CH3NO2/c1-14(29)26-21-27-17(19(34-21)20(31)23-12-4-5-18(30)28(2)3)11-8-15-6-9-16(10-7-15)24-13-25-22(32)33;2-1(3)4/h6-7,9-10,13H,4-5,8,11-12H2,1-3H3,(H,23,31)(H,24,25)(H,32,33)(H,26,27,29);2H2,(H,3,4). The molecule has 0 radical (unpaired) electrons. The van der Waals surface area contributed by atoms with E-state index < -0.39 is 12.2 Å². The van der Waals surface area contributed by atoms with Gasteiger partial charge in [0.2, 0.25) is 11.8 Å². The number of anilines is 1. The van der Waals surface area contributed by atoms with E-state index in [1.807, 2.05) is 17.4 Å². The average molecular weight is 550 g/mol.